The van der Waals surface area contributed by atoms with E-state index in [0.29, 0.717) is 0 Å². The number of aliphatic carboxylic acids is 1. The molecule has 1 saturated heterocycles. The smallest absolute Gasteiger partial charge is 0.320 e. The topological polar surface area (TPSA) is 109 Å². The largest absolute Gasteiger partial charge is 0.480 e. The Morgan fingerprint density at radius 2 is 2.06 bits per heavy atom. The normalized spacial score (nSPS) is 26.4. The Morgan fingerprint density at radius 3 is 2.50 bits per heavy atom. The molecule has 7 nitrogen and oxygen atoms in total. The molecular weight excluding hydrogens is 258 g/mol. The van der Waals surface area contributed by atoms with Gasteiger partial charge in [0, 0.05) is 12.6 Å². The van der Waals surface area contributed by atoms with Gasteiger partial charge in [-0.3, -0.25) is 4.79 Å². The maximum absolute atomic E-state index is 11.6. The number of hydrogen-bond acceptors (Lipinski definition) is 5. The molecule has 1 rings (SSSR count). The van der Waals surface area contributed by atoms with Crippen molar-refractivity contribution in [3.8, 4) is 0 Å². The monoisotopic (exact) mass is 271 g/mol. The molecule has 0 saturated carbocycles. The van der Waals surface area contributed by atoms with Crippen LogP contribution in [0.5, 0.6) is 0 Å². The third-order valence-electron chi connectivity index (χ3n) is 2.27. The van der Waals surface area contributed by atoms with Crippen molar-refractivity contribution in [2.24, 2.45) is 0 Å². The molecule has 1 N–H and O–H groups in total. The van der Waals surface area contributed by atoms with Crippen LogP contribution in [0.2, 0.25) is 0 Å². The van der Waals surface area contributed by atoms with Crippen molar-refractivity contribution >= 4 is 25.8 Å². The number of sulfone groups is 1. The number of carboxylic acid groups (broad SMARTS) is 1. The van der Waals surface area contributed by atoms with E-state index in [1.807, 2.05) is 0 Å². The Hall–Kier alpha value is -0.670. The summed E-state index contributed by atoms with van der Waals surface area (Å²) in [5.41, 5.74) is 0. The van der Waals surface area contributed by atoms with Crippen molar-refractivity contribution in [2.75, 3.05) is 23.8 Å². The molecule has 1 atom stereocenters. The highest BCUT2D eigenvalue weighted by Gasteiger charge is 2.36. The predicted molar refractivity (Wildman–Crippen MR) is 56.2 cm³/mol. The van der Waals surface area contributed by atoms with Gasteiger partial charge in [0.05, 0.1) is 11.5 Å². The van der Waals surface area contributed by atoms with Gasteiger partial charge in [-0.05, 0) is 6.92 Å². The lowest BCUT2D eigenvalue weighted by Crippen LogP contribution is -2.51. The SMILES string of the molecule is CC1CS(=O)(=O)CCN1S(=O)(=O)CC(=O)O. The van der Waals surface area contributed by atoms with Crippen LogP contribution in [-0.4, -0.2) is 62.1 Å². The highest BCUT2D eigenvalue weighted by molar-refractivity contribution is 7.92. The van der Waals surface area contributed by atoms with Gasteiger partial charge in [-0.25, -0.2) is 16.8 Å². The highest BCUT2D eigenvalue weighted by Crippen LogP contribution is 2.15. The lowest BCUT2D eigenvalue weighted by atomic mass is 10.4. The van der Waals surface area contributed by atoms with Crippen LogP contribution in [-0.2, 0) is 24.7 Å². The van der Waals surface area contributed by atoms with Crippen molar-refractivity contribution in [3.05, 3.63) is 0 Å². The summed E-state index contributed by atoms with van der Waals surface area (Å²) in [5.74, 6) is -2.96. The molecule has 94 valence electrons. The van der Waals surface area contributed by atoms with Crippen LogP contribution < -0.4 is 0 Å². The average Bonchev–Trinajstić information content (AvgIpc) is 1.97. The van der Waals surface area contributed by atoms with E-state index in [2.05, 4.69) is 0 Å². The number of hydrogen-bond donors (Lipinski definition) is 1. The zero-order valence-corrected chi connectivity index (χ0v) is 10.3. The van der Waals surface area contributed by atoms with Gasteiger partial charge >= 0.3 is 5.97 Å². The molecule has 1 aliphatic rings. The van der Waals surface area contributed by atoms with E-state index in [9.17, 15) is 21.6 Å². The second kappa shape index (κ2) is 4.30. The summed E-state index contributed by atoms with van der Waals surface area (Å²) < 4.78 is 46.5. The zero-order valence-electron chi connectivity index (χ0n) is 8.66. The number of sulfonamides is 1. The van der Waals surface area contributed by atoms with E-state index in [4.69, 9.17) is 5.11 Å². The fraction of sp³-hybridized carbons (Fsp3) is 0.857. The minimum Gasteiger partial charge on any atom is -0.480 e. The maximum atomic E-state index is 11.6. The van der Waals surface area contributed by atoms with Crippen molar-refractivity contribution < 1.29 is 26.7 Å². The van der Waals surface area contributed by atoms with Gasteiger partial charge in [-0.15, -0.1) is 0 Å². The fourth-order valence-electron chi connectivity index (χ4n) is 1.64. The summed E-state index contributed by atoms with van der Waals surface area (Å²) >= 11 is 0. The third kappa shape index (κ3) is 3.16. The first kappa shape index (κ1) is 13.4. The summed E-state index contributed by atoms with van der Waals surface area (Å²) in [6.45, 7) is 1.29. The minimum atomic E-state index is -3.91. The molecule has 1 aliphatic heterocycles. The Labute approximate surface area is 94.0 Å². The van der Waals surface area contributed by atoms with Crippen LogP contribution in [0.15, 0.2) is 0 Å². The lowest BCUT2D eigenvalue weighted by Gasteiger charge is -2.31. The van der Waals surface area contributed by atoms with Crippen LogP contribution >= 0.6 is 0 Å². The number of carboxylic acids is 1. The van der Waals surface area contributed by atoms with Crippen LogP contribution in [0.1, 0.15) is 6.92 Å². The van der Waals surface area contributed by atoms with E-state index < -0.39 is 37.6 Å². The second-order valence-electron chi connectivity index (χ2n) is 3.72. The standard InChI is InChI=1S/C7H13NO6S2/c1-6-4-15(11,12)3-2-8(6)16(13,14)5-7(9)10/h6H,2-5H2,1H3,(H,9,10). The molecule has 0 amide bonds. The van der Waals surface area contributed by atoms with E-state index in [1.54, 1.807) is 0 Å². The molecule has 0 spiro atoms. The first-order valence-corrected chi connectivity index (χ1v) is 7.99. The maximum Gasteiger partial charge on any atom is 0.320 e. The molecule has 9 heteroatoms. The molecule has 0 aromatic rings. The van der Waals surface area contributed by atoms with Crippen molar-refractivity contribution in [3.63, 3.8) is 0 Å². The Kier molecular flexibility index (Phi) is 3.60. The first-order chi connectivity index (χ1) is 7.14. The Morgan fingerprint density at radius 1 is 1.50 bits per heavy atom. The molecule has 0 aliphatic carbocycles. The van der Waals surface area contributed by atoms with Crippen LogP contribution in [0.25, 0.3) is 0 Å². The average molecular weight is 271 g/mol. The molecular formula is C7H13NO6S2. The Bertz CT molecular complexity index is 479. The van der Waals surface area contributed by atoms with Crippen molar-refractivity contribution in [1.82, 2.24) is 4.31 Å². The summed E-state index contributed by atoms with van der Waals surface area (Å²) in [7, 11) is -7.12. The van der Waals surface area contributed by atoms with Crippen molar-refractivity contribution in [2.45, 2.75) is 13.0 Å². The van der Waals surface area contributed by atoms with E-state index in [0.717, 1.165) is 4.31 Å². The lowest BCUT2D eigenvalue weighted by molar-refractivity contribution is -0.134. The van der Waals surface area contributed by atoms with Crippen molar-refractivity contribution in [1.29, 1.82) is 0 Å². The van der Waals surface area contributed by atoms with E-state index >= 15 is 0 Å². The summed E-state index contributed by atoms with van der Waals surface area (Å²) in [6.07, 6.45) is 0. The Balaban J connectivity index is 2.88. The molecule has 1 unspecified atom stereocenters. The van der Waals surface area contributed by atoms with Gasteiger partial charge in [-0.1, -0.05) is 0 Å². The molecule has 0 aromatic heterocycles. The fourth-order valence-corrected chi connectivity index (χ4v) is 4.87. The zero-order chi connectivity index (χ0) is 12.6. The number of rotatable bonds is 3. The third-order valence-corrected chi connectivity index (χ3v) is 5.94. The van der Waals surface area contributed by atoms with Crippen LogP contribution in [0.4, 0.5) is 0 Å². The molecule has 1 fully saturated rings. The summed E-state index contributed by atoms with van der Waals surface area (Å²) in [6, 6.07) is -0.705. The molecule has 0 radical (unpaired) electrons. The summed E-state index contributed by atoms with van der Waals surface area (Å²) in [5, 5.41) is 8.44. The van der Waals surface area contributed by atoms with E-state index in [-0.39, 0.29) is 18.1 Å². The minimum absolute atomic E-state index is 0.168. The molecule has 0 bridgehead atoms. The number of carbonyl (C=O) groups is 1. The van der Waals surface area contributed by atoms with Gasteiger partial charge in [-0.2, -0.15) is 4.31 Å². The highest BCUT2D eigenvalue weighted by atomic mass is 32.2. The second-order valence-corrected chi connectivity index (χ2v) is 7.87. The van der Waals surface area contributed by atoms with Gasteiger partial charge < -0.3 is 5.11 Å². The quantitative estimate of drug-likeness (QED) is 0.670. The molecule has 0 aromatic carbocycles. The molecule has 16 heavy (non-hydrogen) atoms. The van der Waals surface area contributed by atoms with Gasteiger partial charge in [0.1, 0.15) is 0 Å². The van der Waals surface area contributed by atoms with Gasteiger partial charge in [0.25, 0.3) is 0 Å². The summed E-state index contributed by atoms with van der Waals surface area (Å²) in [4.78, 5) is 10.4. The first-order valence-electron chi connectivity index (χ1n) is 4.56. The van der Waals surface area contributed by atoms with Gasteiger partial charge in [0.15, 0.2) is 15.6 Å². The van der Waals surface area contributed by atoms with Crippen LogP contribution in [0.3, 0.4) is 0 Å². The van der Waals surface area contributed by atoms with E-state index in [1.165, 1.54) is 6.92 Å². The molecule has 1 heterocycles. The van der Waals surface area contributed by atoms with Gasteiger partial charge in [0.2, 0.25) is 10.0 Å². The number of nitrogens with zero attached hydrogens (tertiary/aromatic N) is 1. The predicted octanol–water partition coefficient (Wildman–Crippen LogP) is -1.48. The van der Waals surface area contributed by atoms with Crippen LogP contribution in [0, 0.1) is 0 Å².